The van der Waals surface area contributed by atoms with Crippen molar-refractivity contribution in [1.82, 2.24) is 0 Å². The fraction of sp³-hybridized carbons (Fsp3) is 1.00. The number of hydrogen-bond acceptors (Lipinski definition) is 7. The summed E-state index contributed by atoms with van der Waals surface area (Å²) in [4.78, 5) is 0. The van der Waals surface area contributed by atoms with Gasteiger partial charge < -0.3 is 34.2 Å². The zero-order valence-corrected chi connectivity index (χ0v) is 21.3. The Labute approximate surface area is 171 Å². The third-order valence-corrected chi connectivity index (χ3v) is 9.02. The molecule has 0 aliphatic rings. The lowest BCUT2D eigenvalue weighted by Gasteiger charge is -2.29. The van der Waals surface area contributed by atoms with Gasteiger partial charge in [0.2, 0.25) is 0 Å². The van der Waals surface area contributed by atoms with Crippen LogP contribution in [0.3, 0.4) is 0 Å². The second-order valence-corrected chi connectivity index (χ2v) is 12.2. The van der Waals surface area contributed by atoms with E-state index < -0.39 is 8.80 Å². The van der Waals surface area contributed by atoms with Crippen molar-refractivity contribution in [2.45, 2.75) is 65.0 Å². The minimum absolute atomic E-state index is 0.119. The highest BCUT2D eigenvalue weighted by molar-refractivity contribution is 6.60. The highest BCUT2D eigenvalue weighted by Gasteiger charge is 2.38. The molecule has 0 aromatic heterocycles. The van der Waals surface area contributed by atoms with Crippen LogP contribution < -0.4 is 11.5 Å². The molecule has 0 saturated carbocycles. The summed E-state index contributed by atoms with van der Waals surface area (Å²) >= 11 is 0. The van der Waals surface area contributed by atoms with Gasteiger partial charge in [-0.3, -0.25) is 0 Å². The zero-order chi connectivity index (χ0) is 21.2. The highest BCUT2D eigenvalue weighted by atomic mass is 28.4. The molecule has 0 spiro atoms. The zero-order valence-electron chi connectivity index (χ0n) is 18.8. The molecule has 0 atom stereocenters. The predicted molar refractivity (Wildman–Crippen MR) is 118 cm³/mol. The number of hydrogen-bond donors (Lipinski definition) is 2. The van der Waals surface area contributed by atoms with Crippen molar-refractivity contribution in [3.8, 4) is 0 Å². The summed E-state index contributed by atoms with van der Waals surface area (Å²) in [7, 11) is 2.28. The Hall–Kier alpha value is 0.154. The van der Waals surface area contributed by atoms with Crippen molar-refractivity contribution in [3.63, 3.8) is 0 Å². The minimum Gasteiger partial charge on any atom is -0.377 e. The molecule has 0 aromatic rings. The molecule has 166 valence electrons. The van der Waals surface area contributed by atoms with E-state index >= 15 is 0 Å². The largest absolute Gasteiger partial charge is 0.500 e. The minimum atomic E-state index is -2.40. The SMILES string of the molecule is CCOC(OCC)[SiH2]CCCCN.CO[Si](CCC(C)(C)CN)(OC)OC. The van der Waals surface area contributed by atoms with Crippen LogP contribution in [0.4, 0.5) is 0 Å². The summed E-state index contributed by atoms with van der Waals surface area (Å²) in [5.74, 6) is 0.132. The van der Waals surface area contributed by atoms with Crippen LogP contribution in [0.25, 0.3) is 0 Å². The Morgan fingerprint density at radius 2 is 1.44 bits per heavy atom. The van der Waals surface area contributed by atoms with Crippen molar-refractivity contribution in [1.29, 1.82) is 0 Å². The fourth-order valence-corrected chi connectivity index (χ4v) is 6.24. The molecular formula is C18H46N2O5Si2. The van der Waals surface area contributed by atoms with Gasteiger partial charge in [-0.05, 0) is 45.2 Å². The molecule has 7 nitrogen and oxygen atoms in total. The number of nitrogens with two attached hydrogens (primary N) is 2. The molecule has 0 unspecified atom stereocenters. The molecule has 0 heterocycles. The van der Waals surface area contributed by atoms with E-state index in [1.54, 1.807) is 21.3 Å². The van der Waals surface area contributed by atoms with Crippen molar-refractivity contribution in [2.75, 3.05) is 47.6 Å². The van der Waals surface area contributed by atoms with Crippen LogP contribution in [-0.4, -0.2) is 71.9 Å². The number of rotatable bonds is 16. The molecule has 0 aliphatic heterocycles. The molecule has 0 saturated heterocycles. The highest BCUT2D eigenvalue weighted by Crippen LogP contribution is 2.26. The van der Waals surface area contributed by atoms with E-state index in [1.165, 1.54) is 12.5 Å². The van der Waals surface area contributed by atoms with E-state index in [9.17, 15) is 0 Å². The molecule has 0 fully saturated rings. The molecule has 4 N–H and O–H groups in total. The summed E-state index contributed by atoms with van der Waals surface area (Å²) in [6, 6.07) is 2.09. The van der Waals surface area contributed by atoms with Crippen LogP contribution in [0.2, 0.25) is 12.1 Å². The molecule has 0 bridgehead atoms. The monoisotopic (exact) mass is 426 g/mol. The molecular weight excluding hydrogens is 380 g/mol. The van der Waals surface area contributed by atoms with Gasteiger partial charge in [-0.15, -0.1) is 0 Å². The van der Waals surface area contributed by atoms with Gasteiger partial charge in [-0.25, -0.2) is 0 Å². The lowest BCUT2D eigenvalue weighted by molar-refractivity contribution is -0.0827. The molecule has 0 aliphatic carbocycles. The summed E-state index contributed by atoms with van der Waals surface area (Å²) in [5.41, 5.74) is 11.2. The smallest absolute Gasteiger partial charge is 0.377 e. The summed E-state index contributed by atoms with van der Waals surface area (Å²) < 4.78 is 26.9. The van der Waals surface area contributed by atoms with Crippen LogP contribution in [0.1, 0.15) is 47.0 Å². The van der Waals surface area contributed by atoms with Crippen molar-refractivity contribution in [2.24, 2.45) is 16.9 Å². The van der Waals surface area contributed by atoms with Gasteiger partial charge >= 0.3 is 8.80 Å². The molecule has 9 heteroatoms. The van der Waals surface area contributed by atoms with Crippen LogP contribution in [-0.2, 0) is 22.8 Å². The van der Waals surface area contributed by atoms with Gasteiger partial charge in [0.15, 0.2) is 0 Å². The van der Waals surface area contributed by atoms with Gasteiger partial charge in [0.1, 0.15) is 5.91 Å². The van der Waals surface area contributed by atoms with Gasteiger partial charge in [0, 0.05) is 40.6 Å². The first kappa shape index (κ1) is 29.4. The number of ether oxygens (including phenoxy) is 2. The van der Waals surface area contributed by atoms with Crippen molar-refractivity contribution < 1.29 is 22.8 Å². The number of unbranched alkanes of at least 4 members (excludes halogenated alkanes) is 1. The van der Waals surface area contributed by atoms with Gasteiger partial charge in [-0.1, -0.05) is 26.3 Å². The maximum atomic E-state index is 5.65. The van der Waals surface area contributed by atoms with E-state index in [0.717, 1.165) is 38.6 Å². The first-order valence-electron chi connectivity index (χ1n) is 10.1. The lowest BCUT2D eigenvalue weighted by atomic mass is 9.91. The topological polar surface area (TPSA) is 98.2 Å². The van der Waals surface area contributed by atoms with Gasteiger partial charge in [-0.2, -0.15) is 0 Å². The average Bonchev–Trinajstić information content (AvgIpc) is 2.67. The Morgan fingerprint density at radius 1 is 0.926 bits per heavy atom. The van der Waals surface area contributed by atoms with Gasteiger partial charge in [0.25, 0.3) is 0 Å². The van der Waals surface area contributed by atoms with Crippen molar-refractivity contribution in [3.05, 3.63) is 0 Å². The molecule has 0 aromatic carbocycles. The Morgan fingerprint density at radius 3 is 1.81 bits per heavy atom. The molecule has 0 amide bonds. The first-order chi connectivity index (χ1) is 12.8. The molecule has 0 rings (SSSR count). The van der Waals surface area contributed by atoms with Gasteiger partial charge in [0.05, 0.1) is 9.52 Å². The summed E-state index contributed by atoms with van der Waals surface area (Å²) in [6.07, 6.45) is 3.32. The van der Waals surface area contributed by atoms with Crippen molar-refractivity contribution >= 4 is 18.3 Å². The molecule has 0 radical (unpaired) electrons. The van der Waals surface area contributed by atoms with E-state index in [-0.39, 0.29) is 20.8 Å². The second-order valence-electron chi connectivity index (χ2n) is 7.14. The Kier molecular flexibility index (Phi) is 19.8. The Bertz CT molecular complexity index is 308. The molecule has 27 heavy (non-hydrogen) atoms. The van der Waals surface area contributed by atoms with E-state index in [2.05, 4.69) is 13.8 Å². The second kappa shape index (κ2) is 18.2. The Balaban J connectivity index is 0. The lowest BCUT2D eigenvalue weighted by Crippen LogP contribution is -2.44. The van der Waals surface area contributed by atoms with Crippen LogP contribution in [0.5, 0.6) is 0 Å². The van der Waals surface area contributed by atoms with Crippen LogP contribution >= 0.6 is 0 Å². The fourth-order valence-electron chi connectivity index (χ4n) is 2.37. The normalized spacial score (nSPS) is 12.7. The van der Waals surface area contributed by atoms with Crippen LogP contribution in [0.15, 0.2) is 0 Å². The summed E-state index contributed by atoms with van der Waals surface area (Å²) in [6.45, 7) is 11.3. The maximum Gasteiger partial charge on any atom is 0.500 e. The predicted octanol–water partition coefficient (Wildman–Crippen LogP) is 1.91. The van der Waals surface area contributed by atoms with E-state index in [4.69, 9.17) is 34.2 Å². The standard InChI is InChI=1S/C9H23NO3Si.C9H23NO2Si/c1-9(2,8-10)6-7-14(11-3,12-4)13-5;1-3-11-9(12-4-2)13-8-6-5-7-10/h6-8,10H2,1-5H3;9H,3-8,10,13H2,1-2H3. The summed E-state index contributed by atoms with van der Waals surface area (Å²) in [5, 5.41) is 0. The first-order valence-corrected chi connectivity index (χ1v) is 13.8. The average molecular weight is 427 g/mol. The maximum absolute atomic E-state index is 5.65. The van der Waals surface area contributed by atoms with E-state index in [1.807, 2.05) is 13.8 Å². The quantitative estimate of drug-likeness (QED) is 0.221. The third-order valence-electron chi connectivity index (χ3n) is 4.44. The third kappa shape index (κ3) is 15.7. The van der Waals surface area contributed by atoms with E-state index in [0.29, 0.717) is 6.54 Å². The van der Waals surface area contributed by atoms with Crippen LogP contribution in [0, 0.1) is 5.41 Å².